The summed E-state index contributed by atoms with van der Waals surface area (Å²) < 4.78 is 22.7. The number of esters is 3. The molecule has 1 saturated heterocycles. The van der Waals surface area contributed by atoms with E-state index in [1.54, 1.807) is 20.8 Å². The van der Waals surface area contributed by atoms with Crippen molar-refractivity contribution in [2.75, 3.05) is 7.11 Å². The number of ether oxygens (including phenoxy) is 4. The molecule has 0 bridgehead atoms. The third kappa shape index (κ3) is 4.84. The number of ketones is 1. The van der Waals surface area contributed by atoms with Gasteiger partial charge in [0, 0.05) is 25.7 Å². The minimum atomic E-state index is -1.48. The van der Waals surface area contributed by atoms with E-state index in [0.717, 1.165) is 5.57 Å². The molecule has 3 rings (SSSR count). The van der Waals surface area contributed by atoms with Crippen molar-refractivity contribution in [3.63, 3.8) is 0 Å². The van der Waals surface area contributed by atoms with Gasteiger partial charge >= 0.3 is 17.9 Å². The first-order valence-corrected chi connectivity index (χ1v) is 12.9. The average molecular weight is 509 g/mol. The normalized spacial score (nSPS) is 40.4. The lowest BCUT2D eigenvalue weighted by Gasteiger charge is -2.54. The van der Waals surface area contributed by atoms with Gasteiger partial charge in [0.1, 0.15) is 18.3 Å². The fourth-order valence-corrected chi connectivity index (χ4v) is 6.29. The molecule has 1 aliphatic heterocycles. The van der Waals surface area contributed by atoms with Gasteiger partial charge < -0.3 is 24.1 Å². The summed E-state index contributed by atoms with van der Waals surface area (Å²) in [6, 6.07) is 0. The largest absolute Gasteiger partial charge is 0.469 e. The highest BCUT2D eigenvalue weighted by molar-refractivity contribution is 5.98. The monoisotopic (exact) mass is 508 g/mol. The van der Waals surface area contributed by atoms with Crippen LogP contribution in [0.2, 0.25) is 0 Å². The summed E-state index contributed by atoms with van der Waals surface area (Å²) >= 11 is 0. The lowest BCUT2D eigenvalue weighted by molar-refractivity contribution is -0.207. The van der Waals surface area contributed by atoms with Crippen molar-refractivity contribution >= 4 is 23.7 Å². The quantitative estimate of drug-likeness (QED) is 0.249. The zero-order chi connectivity index (χ0) is 27.0. The smallest absolute Gasteiger partial charge is 0.311 e. The maximum atomic E-state index is 14.5. The van der Waals surface area contributed by atoms with Crippen LogP contribution in [0.4, 0.5) is 0 Å². The van der Waals surface area contributed by atoms with Crippen LogP contribution in [0.5, 0.6) is 0 Å². The molecule has 202 valence electrons. The molecule has 0 spiro atoms. The number of aliphatic hydroxyl groups is 1. The molecule has 1 saturated carbocycles. The fourth-order valence-electron chi connectivity index (χ4n) is 6.29. The van der Waals surface area contributed by atoms with Gasteiger partial charge in [-0.25, -0.2) is 0 Å². The lowest BCUT2D eigenvalue weighted by Crippen LogP contribution is -2.64. The Morgan fingerprint density at radius 1 is 1.25 bits per heavy atom. The predicted molar refractivity (Wildman–Crippen MR) is 129 cm³/mol. The van der Waals surface area contributed by atoms with Crippen LogP contribution in [0.15, 0.2) is 11.6 Å². The molecule has 2 fully saturated rings. The molecule has 0 amide bonds. The standard InChI is InChI=1S/C27H40O9/c1-8-9-22(30)35-19-11-10-14(2)12-21-27(36-21,16(4)25(32)33-7)24(31)23-15(3)18(29)13-20(26(19,23)6)34-17(5)28/h12,15-16,18-21,23,29H,8-11,13H2,1-7H3/b14-12-/t15-,16+,18-,19+,20+,21+,23-,26+,27+/m1/s1. The highest BCUT2D eigenvalue weighted by Crippen LogP contribution is 2.57. The molecule has 0 aromatic heterocycles. The van der Waals surface area contributed by atoms with Gasteiger partial charge in [-0.2, -0.15) is 0 Å². The highest BCUT2D eigenvalue weighted by atomic mass is 16.6. The molecule has 0 aromatic carbocycles. The van der Waals surface area contributed by atoms with Crippen molar-refractivity contribution < 1.29 is 43.2 Å². The van der Waals surface area contributed by atoms with Gasteiger partial charge in [-0.3, -0.25) is 19.2 Å². The number of carbonyl (C=O) groups is 4. The van der Waals surface area contributed by atoms with Crippen LogP contribution in [0, 0.1) is 23.2 Å². The van der Waals surface area contributed by atoms with Gasteiger partial charge in [0.25, 0.3) is 0 Å². The minimum absolute atomic E-state index is 0.0987. The molecule has 0 radical (unpaired) electrons. The molecule has 9 nitrogen and oxygen atoms in total. The van der Waals surface area contributed by atoms with E-state index in [2.05, 4.69) is 0 Å². The maximum Gasteiger partial charge on any atom is 0.311 e. The average Bonchev–Trinajstić information content (AvgIpc) is 3.53. The van der Waals surface area contributed by atoms with Gasteiger partial charge in [0.05, 0.1) is 24.5 Å². The SMILES string of the molecule is CCCC(=O)O[C@H]1CC/C(C)=C\[C@@H]2O[C@]2([C@@H](C)C(=O)OC)C(=O)[C@H]2[C@H](C)[C@H](O)C[C@H](OC(C)=O)[C@]12C. The van der Waals surface area contributed by atoms with E-state index in [4.69, 9.17) is 18.9 Å². The Bertz CT molecular complexity index is 926. The first-order valence-electron chi connectivity index (χ1n) is 12.9. The molecule has 36 heavy (non-hydrogen) atoms. The van der Waals surface area contributed by atoms with Crippen molar-refractivity contribution in [3.8, 4) is 0 Å². The third-order valence-corrected chi connectivity index (χ3v) is 8.47. The Morgan fingerprint density at radius 2 is 1.92 bits per heavy atom. The van der Waals surface area contributed by atoms with E-state index in [1.807, 2.05) is 19.9 Å². The second kappa shape index (κ2) is 10.6. The number of aliphatic hydroxyl groups excluding tert-OH is 1. The number of allylic oxidation sites excluding steroid dienone is 1. The van der Waals surface area contributed by atoms with Crippen LogP contribution in [0.25, 0.3) is 0 Å². The van der Waals surface area contributed by atoms with Crippen molar-refractivity contribution in [3.05, 3.63) is 11.6 Å². The van der Waals surface area contributed by atoms with Crippen molar-refractivity contribution in [1.29, 1.82) is 0 Å². The molecule has 9 atom stereocenters. The van der Waals surface area contributed by atoms with Crippen LogP contribution in [0.1, 0.15) is 73.6 Å². The summed E-state index contributed by atoms with van der Waals surface area (Å²) in [4.78, 5) is 52.0. The van der Waals surface area contributed by atoms with Crippen LogP contribution in [-0.4, -0.2) is 65.9 Å². The summed E-state index contributed by atoms with van der Waals surface area (Å²) in [6.07, 6.45) is 0.478. The molecule has 0 aromatic rings. The lowest BCUT2D eigenvalue weighted by atomic mass is 9.54. The molecule has 0 unspecified atom stereocenters. The summed E-state index contributed by atoms with van der Waals surface area (Å²) in [6.45, 7) is 10.2. The molecule has 9 heteroatoms. The zero-order valence-corrected chi connectivity index (χ0v) is 22.4. The predicted octanol–water partition coefficient (Wildman–Crippen LogP) is 2.91. The van der Waals surface area contributed by atoms with E-state index >= 15 is 0 Å². The summed E-state index contributed by atoms with van der Waals surface area (Å²) in [5.41, 5.74) is -1.72. The fraction of sp³-hybridized carbons (Fsp3) is 0.778. The summed E-state index contributed by atoms with van der Waals surface area (Å²) in [5.74, 6) is -4.31. The molecule has 2 aliphatic carbocycles. The Hall–Kier alpha value is -2.26. The number of rotatable bonds is 6. The van der Waals surface area contributed by atoms with Crippen LogP contribution in [-0.2, 0) is 38.1 Å². The second-order valence-electron chi connectivity index (χ2n) is 10.8. The molecule has 1 N–H and O–H groups in total. The number of hydrogen-bond donors (Lipinski definition) is 1. The Balaban J connectivity index is 2.22. The van der Waals surface area contributed by atoms with Gasteiger partial charge in [-0.05, 0) is 39.0 Å². The molecule has 1 heterocycles. The number of methoxy groups -OCH3 is 1. The Kier molecular flexibility index (Phi) is 8.35. The Morgan fingerprint density at radius 3 is 2.50 bits per heavy atom. The molecular weight excluding hydrogens is 468 g/mol. The number of Topliss-reactive ketones (excluding diaryl/α,β-unsaturated/α-hetero) is 1. The van der Waals surface area contributed by atoms with Crippen molar-refractivity contribution in [2.45, 2.75) is 104 Å². The van der Waals surface area contributed by atoms with E-state index in [9.17, 15) is 24.3 Å². The first-order chi connectivity index (χ1) is 16.8. The third-order valence-electron chi connectivity index (χ3n) is 8.47. The van der Waals surface area contributed by atoms with Gasteiger partial charge in [0.15, 0.2) is 11.4 Å². The van der Waals surface area contributed by atoms with Crippen LogP contribution >= 0.6 is 0 Å². The van der Waals surface area contributed by atoms with E-state index in [-0.39, 0.29) is 18.6 Å². The van der Waals surface area contributed by atoms with E-state index < -0.39 is 71.1 Å². The number of epoxide rings is 1. The number of fused-ring (bicyclic) bond motifs is 2. The van der Waals surface area contributed by atoms with Crippen LogP contribution in [0.3, 0.4) is 0 Å². The zero-order valence-electron chi connectivity index (χ0n) is 22.4. The van der Waals surface area contributed by atoms with Gasteiger partial charge in [0.2, 0.25) is 0 Å². The molecule has 3 aliphatic rings. The first kappa shape index (κ1) is 28.3. The number of hydrogen-bond acceptors (Lipinski definition) is 9. The van der Waals surface area contributed by atoms with Crippen molar-refractivity contribution in [2.24, 2.45) is 23.2 Å². The number of carbonyl (C=O) groups excluding carboxylic acids is 4. The van der Waals surface area contributed by atoms with E-state index in [0.29, 0.717) is 19.3 Å². The molecular formula is C27H40O9. The van der Waals surface area contributed by atoms with Gasteiger partial charge in [-0.1, -0.05) is 32.4 Å². The highest BCUT2D eigenvalue weighted by Gasteiger charge is 2.72. The van der Waals surface area contributed by atoms with E-state index in [1.165, 1.54) is 14.0 Å². The Labute approximate surface area is 212 Å². The van der Waals surface area contributed by atoms with Gasteiger partial charge in [-0.15, -0.1) is 0 Å². The minimum Gasteiger partial charge on any atom is -0.469 e. The summed E-state index contributed by atoms with van der Waals surface area (Å²) in [7, 11) is 1.26. The topological polar surface area (TPSA) is 129 Å². The maximum absolute atomic E-state index is 14.5. The van der Waals surface area contributed by atoms with Crippen LogP contribution < -0.4 is 0 Å². The summed E-state index contributed by atoms with van der Waals surface area (Å²) in [5, 5.41) is 11.0. The second-order valence-corrected chi connectivity index (χ2v) is 10.8. The van der Waals surface area contributed by atoms with Crippen molar-refractivity contribution in [1.82, 2.24) is 0 Å².